The molecular weight excluding hydrogens is 312 g/mol. The highest BCUT2D eigenvalue weighted by Gasteiger charge is 2.04. The first-order chi connectivity index (χ1) is 6.59. The fourth-order valence-electron chi connectivity index (χ4n) is 0.993. The molecule has 0 saturated carbocycles. The van der Waals surface area contributed by atoms with Crippen molar-refractivity contribution in [2.75, 3.05) is 27.2 Å². The average molecular weight is 326 g/mol. The van der Waals surface area contributed by atoms with Gasteiger partial charge in [-0.3, -0.25) is 0 Å². The quantitative estimate of drug-likeness (QED) is 0.843. The van der Waals surface area contributed by atoms with Crippen LogP contribution >= 0.6 is 31.9 Å². The molecule has 0 aliphatic rings. The Hall–Kier alpha value is 0.160. The molecule has 0 fully saturated rings. The summed E-state index contributed by atoms with van der Waals surface area (Å²) in [4.78, 5) is 2.14. The minimum Gasteiger partial charge on any atom is -0.452 e. The van der Waals surface area contributed by atoms with Crippen LogP contribution in [0, 0.1) is 0 Å². The van der Waals surface area contributed by atoms with Crippen LogP contribution in [-0.4, -0.2) is 32.1 Å². The van der Waals surface area contributed by atoms with E-state index in [0.717, 1.165) is 34.5 Å². The number of nitrogens with zero attached hydrogens (tertiary/aromatic N) is 1. The van der Waals surface area contributed by atoms with Crippen LogP contribution in [0.25, 0.3) is 0 Å². The highest BCUT2D eigenvalue weighted by atomic mass is 79.9. The van der Waals surface area contributed by atoms with E-state index in [1.54, 1.807) is 0 Å². The van der Waals surface area contributed by atoms with Gasteiger partial charge in [0, 0.05) is 13.1 Å². The summed E-state index contributed by atoms with van der Waals surface area (Å²) < 4.78 is 7.13. The van der Waals surface area contributed by atoms with Gasteiger partial charge in [-0.1, -0.05) is 0 Å². The van der Waals surface area contributed by atoms with Gasteiger partial charge in [0.1, 0.15) is 5.76 Å². The van der Waals surface area contributed by atoms with Crippen molar-refractivity contribution in [3.8, 4) is 0 Å². The Labute approximate surface area is 101 Å². The Morgan fingerprint density at radius 2 is 2.14 bits per heavy atom. The second-order valence-corrected chi connectivity index (χ2v) is 4.89. The predicted octanol–water partition coefficient (Wildman–Crippen LogP) is 2.46. The second-order valence-electron chi connectivity index (χ2n) is 3.31. The van der Waals surface area contributed by atoms with Crippen LogP contribution in [-0.2, 0) is 6.54 Å². The van der Waals surface area contributed by atoms with E-state index in [9.17, 15) is 0 Å². The maximum absolute atomic E-state index is 5.42. The van der Waals surface area contributed by atoms with Gasteiger partial charge in [0.25, 0.3) is 0 Å². The molecule has 1 aromatic rings. The number of furan rings is 1. The molecule has 0 atom stereocenters. The molecule has 1 heterocycles. The lowest BCUT2D eigenvalue weighted by molar-refractivity contribution is 0.390. The molecule has 1 aromatic heterocycles. The van der Waals surface area contributed by atoms with Crippen LogP contribution in [0.2, 0.25) is 0 Å². The van der Waals surface area contributed by atoms with Crippen molar-refractivity contribution in [2.45, 2.75) is 6.54 Å². The number of rotatable bonds is 5. The Bertz CT molecular complexity index is 267. The molecule has 0 spiro atoms. The molecule has 0 amide bonds. The molecule has 0 unspecified atom stereocenters. The Balaban J connectivity index is 2.25. The number of hydrogen-bond donors (Lipinski definition) is 1. The van der Waals surface area contributed by atoms with Crippen LogP contribution in [0.15, 0.2) is 19.6 Å². The van der Waals surface area contributed by atoms with Crippen LogP contribution in [0.3, 0.4) is 0 Å². The fraction of sp³-hybridized carbons (Fsp3) is 0.556. The normalized spacial score (nSPS) is 11.2. The maximum atomic E-state index is 5.42. The molecule has 0 aliphatic carbocycles. The summed E-state index contributed by atoms with van der Waals surface area (Å²) in [6.45, 7) is 2.75. The summed E-state index contributed by atoms with van der Waals surface area (Å²) in [7, 11) is 4.11. The summed E-state index contributed by atoms with van der Waals surface area (Å²) in [5.74, 6) is 0.933. The van der Waals surface area contributed by atoms with Gasteiger partial charge in [-0.25, -0.2) is 0 Å². The molecule has 5 heteroatoms. The molecular formula is C9H14Br2N2O. The van der Waals surface area contributed by atoms with Gasteiger partial charge >= 0.3 is 0 Å². The first kappa shape index (κ1) is 12.2. The highest BCUT2D eigenvalue weighted by Crippen LogP contribution is 2.26. The summed E-state index contributed by atoms with van der Waals surface area (Å²) in [5, 5.41) is 3.30. The first-order valence-corrected chi connectivity index (χ1v) is 5.97. The molecule has 0 aliphatic heterocycles. The van der Waals surface area contributed by atoms with E-state index in [-0.39, 0.29) is 0 Å². The van der Waals surface area contributed by atoms with E-state index in [1.165, 1.54) is 0 Å². The molecule has 0 aromatic carbocycles. The summed E-state index contributed by atoms with van der Waals surface area (Å²) >= 11 is 6.67. The predicted molar refractivity (Wildman–Crippen MR) is 64.4 cm³/mol. The molecule has 0 bridgehead atoms. The van der Waals surface area contributed by atoms with Gasteiger partial charge < -0.3 is 14.6 Å². The zero-order valence-corrected chi connectivity index (χ0v) is 11.5. The number of likely N-dealkylation sites (N-methyl/N-ethyl adjacent to an activating group) is 1. The monoisotopic (exact) mass is 324 g/mol. The van der Waals surface area contributed by atoms with Gasteiger partial charge in [-0.2, -0.15) is 0 Å². The van der Waals surface area contributed by atoms with Crippen molar-refractivity contribution in [1.29, 1.82) is 0 Å². The second kappa shape index (κ2) is 5.90. The van der Waals surface area contributed by atoms with Crippen LogP contribution in [0.1, 0.15) is 5.76 Å². The minimum absolute atomic E-state index is 0.752. The first-order valence-electron chi connectivity index (χ1n) is 4.38. The lowest BCUT2D eigenvalue weighted by Crippen LogP contribution is -2.25. The lowest BCUT2D eigenvalue weighted by Gasteiger charge is -2.09. The number of nitrogens with one attached hydrogen (secondary N) is 1. The van der Waals surface area contributed by atoms with Crippen molar-refractivity contribution >= 4 is 31.9 Å². The van der Waals surface area contributed by atoms with Crippen molar-refractivity contribution < 1.29 is 4.42 Å². The summed E-state index contributed by atoms with van der Waals surface area (Å²) in [5.41, 5.74) is 0. The largest absolute Gasteiger partial charge is 0.452 e. The lowest BCUT2D eigenvalue weighted by atomic mass is 10.4. The van der Waals surface area contributed by atoms with Gasteiger partial charge in [-0.05, 0) is 52.0 Å². The van der Waals surface area contributed by atoms with E-state index in [4.69, 9.17) is 4.42 Å². The van der Waals surface area contributed by atoms with Gasteiger partial charge in [0.2, 0.25) is 0 Å². The van der Waals surface area contributed by atoms with E-state index in [0.29, 0.717) is 0 Å². The Morgan fingerprint density at radius 1 is 1.43 bits per heavy atom. The van der Waals surface area contributed by atoms with Crippen LogP contribution in [0.4, 0.5) is 0 Å². The van der Waals surface area contributed by atoms with E-state index < -0.39 is 0 Å². The van der Waals surface area contributed by atoms with E-state index >= 15 is 0 Å². The third-order valence-electron chi connectivity index (χ3n) is 1.73. The summed E-state index contributed by atoms with van der Waals surface area (Å²) in [6.07, 6.45) is 0. The maximum Gasteiger partial charge on any atom is 0.183 e. The van der Waals surface area contributed by atoms with Crippen molar-refractivity contribution in [1.82, 2.24) is 10.2 Å². The number of halogens is 2. The van der Waals surface area contributed by atoms with Crippen LogP contribution in [0.5, 0.6) is 0 Å². The SMILES string of the molecule is CN(C)CCNCc1cc(Br)c(Br)o1. The molecule has 0 saturated heterocycles. The van der Waals surface area contributed by atoms with Crippen molar-refractivity contribution in [3.63, 3.8) is 0 Å². The van der Waals surface area contributed by atoms with E-state index in [1.807, 2.05) is 6.07 Å². The van der Waals surface area contributed by atoms with Crippen LogP contribution < -0.4 is 5.32 Å². The van der Waals surface area contributed by atoms with Gasteiger partial charge in [0.15, 0.2) is 4.67 Å². The molecule has 3 nitrogen and oxygen atoms in total. The summed E-state index contributed by atoms with van der Waals surface area (Å²) in [6, 6.07) is 1.97. The highest BCUT2D eigenvalue weighted by molar-refractivity contribution is 9.13. The average Bonchev–Trinajstić information content (AvgIpc) is 2.40. The standard InChI is InChI=1S/C9H14Br2N2O/c1-13(2)4-3-12-6-7-5-8(10)9(11)14-7/h5,12H,3-4,6H2,1-2H3. The van der Waals surface area contributed by atoms with Crippen molar-refractivity contribution in [2.24, 2.45) is 0 Å². The van der Waals surface area contributed by atoms with E-state index in [2.05, 4.69) is 56.2 Å². The van der Waals surface area contributed by atoms with Gasteiger partial charge in [-0.15, -0.1) is 0 Å². The zero-order valence-electron chi connectivity index (χ0n) is 8.31. The number of hydrogen-bond acceptors (Lipinski definition) is 3. The minimum atomic E-state index is 0.752. The topological polar surface area (TPSA) is 28.4 Å². The smallest absolute Gasteiger partial charge is 0.183 e. The Morgan fingerprint density at radius 3 is 2.64 bits per heavy atom. The zero-order chi connectivity index (χ0) is 10.6. The third kappa shape index (κ3) is 4.13. The fourth-order valence-corrected chi connectivity index (χ4v) is 1.65. The van der Waals surface area contributed by atoms with Gasteiger partial charge in [0.05, 0.1) is 11.0 Å². The molecule has 1 rings (SSSR count). The molecule has 1 N–H and O–H groups in total. The molecule has 0 radical (unpaired) electrons. The van der Waals surface area contributed by atoms with Crippen molar-refractivity contribution in [3.05, 3.63) is 21.0 Å². The molecule has 14 heavy (non-hydrogen) atoms. The third-order valence-corrected chi connectivity index (χ3v) is 3.44. The Kier molecular flexibility index (Phi) is 5.15. The molecule has 80 valence electrons.